The molecule has 0 aliphatic carbocycles. The monoisotopic (exact) mass is 379 g/mol. The Morgan fingerprint density at radius 3 is 2.50 bits per heavy atom. The number of nitrogens with one attached hydrogen (secondary N) is 1. The molecule has 1 aromatic heterocycles. The number of ether oxygens (including phenoxy) is 1. The smallest absolute Gasteiger partial charge is 0.275 e. The zero-order chi connectivity index (χ0) is 19.9. The SMILES string of the molecule is CCCOCc1ccccc1CNC(=O)Cn1nc(C)c2ccccc2c1=O. The van der Waals surface area contributed by atoms with Crippen molar-refractivity contribution in [1.29, 1.82) is 0 Å². The molecule has 0 spiro atoms. The summed E-state index contributed by atoms with van der Waals surface area (Å²) < 4.78 is 6.84. The van der Waals surface area contributed by atoms with Crippen LogP contribution in [-0.2, 0) is 29.2 Å². The Balaban J connectivity index is 1.68. The minimum atomic E-state index is -0.260. The van der Waals surface area contributed by atoms with Gasteiger partial charge in [-0.15, -0.1) is 0 Å². The van der Waals surface area contributed by atoms with Crippen molar-refractivity contribution in [3.63, 3.8) is 0 Å². The Labute approximate surface area is 164 Å². The summed E-state index contributed by atoms with van der Waals surface area (Å²) >= 11 is 0. The highest BCUT2D eigenvalue weighted by Gasteiger charge is 2.11. The van der Waals surface area contributed by atoms with Crippen molar-refractivity contribution in [1.82, 2.24) is 15.1 Å². The zero-order valence-corrected chi connectivity index (χ0v) is 16.3. The van der Waals surface area contributed by atoms with Crippen molar-refractivity contribution < 1.29 is 9.53 Å². The number of fused-ring (bicyclic) bond motifs is 1. The normalized spacial score (nSPS) is 10.9. The molecule has 0 bridgehead atoms. The summed E-state index contributed by atoms with van der Waals surface area (Å²) in [4.78, 5) is 25.0. The molecule has 0 saturated heterocycles. The van der Waals surface area contributed by atoms with Crippen LogP contribution in [0, 0.1) is 6.92 Å². The number of aryl methyl sites for hydroxylation is 1. The van der Waals surface area contributed by atoms with E-state index in [1.54, 1.807) is 6.07 Å². The molecule has 146 valence electrons. The second-order valence-corrected chi connectivity index (χ2v) is 6.69. The predicted molar refractivity (Wildman–Crippen MR) is 109 cm³/mol. The van der Waals surface area contributed by atoms with Crippen LogP contribution < -0.4 is 10.9 Å². The van der Waals surface area contributed by atoms with E-state index < -0.39 is 0 Å². The van der Waals surface area contributed by atoms with E-state index in [9.17, 15) is 9.59 Å². The summed E-state index contributed by atoms with van der Waals surface area (Å²) in [5.74, 6) is -0.256. The highest BCUT2D eigenvalue weighted by atomic mass is 16.5. The van der Waals surface area contributed by atoms with Crippen molar-refractivity contribution in [2.75, 3.05) is 6.61 Å². The molecular formula is C22H25N3O3. The van der Waals surface area contributed by atoms with Gasteiger partial charge in [0, 0.05) is 18.5 Å². The van der Waals surface area contributed by atoms with Gasteiger partial charge in [-0.25, -0.2) is 4.68 Å². The Hall–Kier alpha value is -2.99. The summed E-state index contributed by atoms with van der Waals surface area (Å²) in [6.07, 6.45) is 0.964. The van der Waals surface area contributed by atoms with E-state index in [2.05, 4.69) is 17.3 Å². The minimum Gasteiger partial charge on any atom is -0.377 e. The van der Waals surface area contributed by atoms with Gasteiger partial charge in [0.15, 0.2) is 0 Å². The van der Waals surface area contributed by atoms with Gasteiger partial charge in [0.25, 0.3) is 5.56 Å². The predicted octanol–water partition coefficient (Wildman–Crippen LogP) is 2.95. The molecule has 6 heteroatoms. The molecule has 1 N–H and O–H groups in total. The largest absolute Gasteiger partial charge is 0.377 e. The molecule has 0 saturated carbocycles. The number of amides is 1. The fourth-order valence-electron chi connectivity index (χ4n) is 3.09. The second kappa shape index (κ2) is 9.28. The van der Waals surface area contributed by atoms with Crippen molar-refractivity contribution in [2.45, 2.75) is 40.0 Å². The first-order valence-corrected chi connectivity index (χ1v) is 9.48. The number of benzene rings is 2. The quantitative estimate of drug-likeness (QED) is 0.611. The molecule has 0 aliphatic heterocycles. The summed E-state index contributed by atoms with van der Waals surface area (Å²) in [5.41, 5.74) is 2.51. The van der Waals surface area contributed by atoms with Gasteiger partial charge in [-0.3, -0.25) is 9.59 Å². The van der Waals surface area contributed by atoms with E-state index in [0.29, 0.717) is 25.1 Å². The number of carbonyl (C=O) groups excluding carboxylic acids is 1. The maximum absolute atomic E-state index is 12.6. The third-order valence-corrected chi connectivity index (χ3v) is 4.55. The lowest BCUT2D eigenvalue weighted by molar-refractivity contribution is -0.122. The standard InChI is InChI=1S/C22H25N3O3/c1-3-12-28-15-18-9-5-4-8-17(18)13-23-21(26)14-25-22(27)20-11-7-6-10-19(20)16(2)24-25/h4-11H,3,12-15H2,1-2H3,(H,23,26). The molecule has 0 atom stereocenters. The van der Waals surface area contributed by atoms with Crippen molar-refractivity contribution in [3.8, 4) is 0 Å². The molecule has 28 heavy (non-hydrogen) atoms. The second-order valence-electron chi connectivity index (χ2n) is 6.69. The first kappa shape index (κ1) is 19.8. The maximum Gasteiger partial charge on any atom is 0.275 e. The van der Waals surface area contributed by atoms with E-state index in [0.717, 1.165) is 28.6 Å². The van der Waals surface area contributed by atoms with Crippen LogP contribution in [0.5, 0.6) is 0 Å². The van der Waals surface area contributed by atoms with Crippen molar-refractivity contribution in [3.05, 3.63) is 75.7 Å². The average molecular weight is 379 g/mol. The molecule has 3 aromatic rings. The van der Waals surface area contributed by atoms with Gasteiger partial charge >= 0.3 is 0 Å². The number of hydrogen-bond acceptors (Lipinski definition) is 4. The highest BCUT2D eigenvalue weighted by Crippen LogP contribution is 2.12. The minimum absolute atomic E-state index is 0.112. The molecule has 0 unspecified atom stereocenters. The van der Waals surface area contributed by atoms with Gasteiger partial charge in [0.1, 0.15) is 6.54 Å². The fourth-order valence-corrected chi connectivity index (χ4v) is 3.09. The summed E-state index contributed by atoms with van der Waals surface area (Å²) in [6, 6.07) is 15.2. The van der Waals surface area contributed by atoms with Gasteiger partial charge in [-0.2, -0.15) is 5.10 Å². The number of carbonyl (C=O) groups is 1. The zero-order valence-electron chi connectivity index (χ0n) is 16.3. The number of nitrogens with zero attached hydrogens (tertiary/aromatic N) is 2. The molecule has 6 nitrogen and oxygen atoms in total. The van der Waals surface area contributed by atoms with E-state index in [-0.39, 0.29) is 18.0 Å². The van der Waals surface area contributed by atoms with Gasteiger partial charge in [0.05, 0.1) is 17.7 Å². The van der Waals surface area contributed by atoms with Gasteiger partial charge in [0.2, 0.25) is 5.91 Å². The van der Waals surface area contributed by atoms with Crippen LogP contribution in [0.25, 0.3) is 10.8 Å². The van der Waals surface area contributed by atoms with E-state index >= 15 is 0 Å². The summed E-state index contributed by atoms with van der Waals surface area (Å²) in [7, 11) is 0. The van der Waals surface area contributed by atoms with Crippen molar-refractivity contribution >= 4 is 16.7 Å². The van der Waals surface area contributed by atoms with Crippen LogP contribution >= 0.6 is 0 Å². The average Bonchev–Trinajstić information content (AvgIpc) is 2.71. The Bertz CT molecular complexity index is 1030. The highest BCUT2D eigenvalue weighted by molar-refractivity contribution is 5.83. The lowest BCUT2D eigenvalue weighted by atomic mass is 10.1. The third-order valence-electron chi connectivity index (χ3n) is 4.55. The van der Waals surface area contributed by atoms with Crippen LogP contribution in [0.15, 0.2) is 53.3 Å². The van der Waals surface area contributed by atoms with Crippen molar-refractivity contribution in [2.24, 2.45) is 0 Å². The molecule has 2 aromatic carbocycles. The topological polar surface area (TPSA) is 73.2 Å². The number of rotatable bonds is 8. The molecule has 0 fully saturated rings. The van der Waals surface area contributed by atoms with Crippen LogP contribution in [-0.4, -0.2) is 22.3 Å². The number of hydrogen-bond donors (Lipinski definition) is 1. The summed E-state index contributed by atoms with van der Waals surface area (Å²) in [5, 5.41) is 8.55. The molecular weight excluding hydrogens is 354 g/mol. The van der Waals surface area contributed by atoms with Gasteiger partial charge in [-0.05, 0) is 30.5 Å². The van der Waals surface area contributed by atoms with Crippen LogP contribution in [0.4, 0.5) is 0 Å². The lowest BCUT2D eigenvalue weighted by Gasteiger charge is -2.12. The van der Waals surface area contributed by atoms with E-state index in [1.165, 1.54) is 4.68 Å². The lowest BCUT2D eigenvalue weighted by Crippen LogP contribution is -2.34. The fraction of sp³-hybridized carbons (Fsp3) is 0.318. The van der Waals surface area contributed by atoms with E-state index in [4.69, 9.17) is 4.74 Å². The third kappa shape index (κ3) is 4.64. The van der Waals surface area contributed by atoms with E-state index in [1.807, 2.05) is 49.4 Å². The maximum atomic E-state index is 12.6. The van der Waals surface area contributed by atoms with Crippen LogP contribution in [0.2, 0.25) is 0 Å². The Kier molecular flexibility index (Phi) is 6.55. The number of aromatic nitrogens is 2. The van der Waals surface area contributed by atoms with Gasteiger partial charge < -0.3 is 10.1 Å². The Morgan fingerprint density at radius 2 is 1.75 bits per heavy atom. The molecule has 0 radical (unpaired) electrons. The molecule has 1 heterocycles. The summed E-state index contributed by atoms with van der Waals surface area (Å²) in [6.45, 7) is 5.39. The van der Waals surface area contributed by atoms with Crippen LogP contribution in [0.3, 0.4) is 0 Å². The molecule has 3 rings (SSSR count). The van der Waals surface area contributed by atoms with Gasteiger partial charge in [-0.1, -0.05) is 49.4 Å². The molecule has 1 amide bonds. The Morgan fingerprint density at radius 1 is 1.07 bits per heavy atom. The first-order valence-electron chi connectivity index (χ1n) is 9.48. The van der Waals surface area contributed by atoms with Crippen LogP contribution in [0.1, 0.15) is 30.2 Å². The molecule has 0 aliphatic rings. The first-order chi connectivity index (χ1) is 13.6.